The molecule has 7 nitrogen and oxygen atoms in total. The SMILES string of the molecule is CCN(CC)CCc1c(C)[nH]c(/C=C2/C(=O)NN=C2c2cccnn2)c1C. The smallest absolute Gasteiger partial charge is 0.273 e. The average molecular weight is 366 g/mol. The lowest BCUT2D eigenvalue weighted by Crippen LogP contribution is -2.25. The van der Waals surface area contributed by atoms with Crippen LogP contribution in [0.4, 0.5) is 0 Å². The highest BCUT2D eigenvalue weighted by atomic mass is 16.2. The molecule has 1 aliphatic heterocycles. The number of aromatic amines is 1. The van der Waals surface area contributed by atoms with Crippen LogP contribution >= 0.6 is 0 Å². The number of likely N-dealkylation sites (N-methyl/N-ethyl adjacent to an activating group) is 1. The summed E-state index contributed by atoms with van der Waals surface area (Å²) in [5.41, 5.74) is 8.67. The van der Waals surface area contributed by atoms with Gasteiger partial charge in [-0.15, -0.1) is 5.10 Å². The van der Waals surface area contributed by atoms with Gasteiger partial charge in [-0.2, -0.15) is 10.2 Å². The third-order valence-corrected chi connectivity index (χ3v) is 5.08. The van der Waals surface area contributed by atoms with Crippen LogP contribution in [0, 0.1) is 13.8 Å². The van der Waals surface area contributed by atoms with E-state index in [4.69, 9.17) is 0 Å². The minimum atomic E-state index is -0.230. The van der Waals surface area contributed by atoms with Gasteiger partial charge in [0.25, 0.3) is 5.91 Å². The fourth-order valence-corrected chi connectivity index (χ4v) is 3.38. The Balaban J connectivity index is 1.89. The lowest BCUT2D eigenvalue weighted by Gasteiger charge is -2.17. The van der Waals surface area contributed by atoms with E-state index in [1.807, 2.05) is 6.08 Å². The van der Waals surface area contributed by atoms with Crippen molar-refractivity contribution in [3.63, 3.8) is 0 Å². The summed E-state index contributed by atoms with van der Waals surface area (Å²) in [6.07, 6.45) is 4.44. The Kier molecular flexibility index (Phi) is 5.81. The van der Waals surface area contributed by atoms with Crippen molar-refractivity contribution in [1.82, 2.24) is 25.5 Å². The van der Waals surface area contributed by atoms with Crippen molar-refractivity contribution in [1.29, 1.82) is 0 Å². The quantitative estimate of drug-likeness (QED) is 0.736. The van der Waals surface area contributed by atoms with Gasteiger partial charge in [-0.1, -0.05) is 13.8 Å². The second kappa shape index (κ2) is 8.26. The molecule has 0 aromatic carbocycles. The number of hydrogen-bond donors (Lipinski definition) is 2. The summed E-state index contributed by atoms with van der Waals surface area (Å²) in [6.45, 7) is 11.7. The second-order valence-corrected chi connectivity index (χ2v) is 6.61. The van der Waals surface area contributed by atoms with E-state index in [0.717, 1.165) is 37.4 Å². The standard InChI is InChI=1S/C20H26N6O/c1-5-26(6-2)11-9-15-13(3)18(22-14(15)4)12-16-19(24-25-20(16)27)17-8-7-10-21-23-17/h7-8,10,12,22H,5-6,9,11H2,1-4H3,(H,25,27)/b16-12+. The molecule has 0 saturated heterocycles. The maximum absolute atomic E-state index is 12.3. The van der Waals surface area contributed by atoms with Gasteiger partial charge in [0.2, 0.25) is 0 Å². The Hall–Kier alpha value is -2.80. The molecule has 3 heterocycles. The zero-order valence-electron chi connectivity index (χ0n) is 16.3. The zero-order valence-corrected chi connectivity index (χ0v) is 16.3. The number of H-pyrrole nitrogens is 1. The first kappa shape index (κ1) is 19.0. The average Bonchev–Trinajstić information content (AvgIpc) is 3.17. The minimum Gasteiger partial charge on any atom is -0.359 e. The molecule has 27 heavy (non-hydrogen) atoms. The molecule has 2 aromatic rings. The Bertz CT molecular complexity index is 877. The van der Waals surface area contributed by atoms with Crippen LogP contribution in [-0.2, 0) is 11.2 Å². The summed E-state index contributed by atoms with van der Waals surface area (Å²) in [5.74, 6) is -0.230. The molecule has 0 fully saturated rings. The summed E-state index contributed by atoms with van der Waals surface area (Å²) in [5, 5.41) is 12.1. The van der Waals surface area contributed by atoms with E-state index in [9.17, 15) is 4.79 Å². The fraction of sp³-hybridized carbons (Fsp3) is 0.400. The molecule has 0 spiro atoms. The van der Waals surface area contributed by atoms with Crippen molar-refractivity contribution in [2.45, 2.75) is 34.1 Å². The molecule has 1 amide bonds. The minimum absolute atomic E-state index is 0.230. The van der Waals surface area contributed by atoms with E-state index in [-0.39, 0.29) is 5.91 Å². The number of hydrazone groups is 1. The third-order valence-electron chi connectivity index (χ3n) is 5.08. The highest BCUT2D eigenvalue weighted by molar-refractivity contribution is 6.32. The van der Waals surface area contributed by atoms with Crippen molar-refractivity contribution in [3.8, 4) is 0 Å². The number of rotatable bonds is 7. The summed E-state index contributed by atoms with van der Waals surface area (Å²) in [7, 11) is 0. The van der Waals surface area contributed by atoms with Crippen LogP contribution < -0.4 is 5.43 Å². The van der Waals surface area contributed by atoms with E-state index in [1.54, 1.807) is 18.3 Å². The van der Waals surface area contributed by atoms with Crippen molar-refractivity contribution < 1.29 is 4.79 Å². The summed E-state index contributed by atoms with van der Waals surface area (Å²) < 4.78 is 0. The predicted molar refractivity (Wildman–Crippen MR) is 106 cm³/mol. The number of amides is 1. The van der Waals surface area contributed by atoms with Gasteiger partial charge < -0.3 is 9.88 Å². The number of nitrogens with zero attached hydrogens (tertiary/aromatic N) is 4. The molecule has 0 radical (unpaired) electrons. The highest BCUT2D eigenvalue weighted by Gasteiger charge is 2.26. The van der Waals surface area contributed by atoms with Crippen LogP contribution in [0.3, 0.4) is 0 Å². The Morgan fingerprint density at radius 1 is 1.22 bits per heavy atom. The largest absolute Gasteiger partial charge is 0.359 e. The molecule has 3 rings (SSSR count). The van der Waals surface area contributed by atoms with Gasteiger partial charge in [0.1, 0.15) is 11.4 Å². The zero-order chi connectivity index (χ0) is 19.4. The van der Waals surface area contributed by atoms with E-state index in [0.29, 0.717) is 17.0 Å². The van der Waals surface area contributed by atoms with Gasteiger partial charge >= 0.3 is 0 Å². The molecule has 2 N–H and O–H groups in total. The van der Waals surface area contributed by atoms with E-state index in [1.165, 1.54) is 11.1 Å². The van der Waals surface area contributed by atoms with E-state index in [2.05, 4.69) is 58.3 Å². The first-order chi connectivity index (χ1) is 13.0. The van der Waals surface area contributed by atoms with Crippen LogP contribution in [0.2, 0.25) is 0 Å². The molecule has 0 bridgehead atoms. The number of hydrogen-bond acceptors (Lipinski definition) is 5. The van der Waals surface area contributed by atoms with Crippen LogP contribution in [0.5, 0.6) is 0 Å². The molecular formula is C20H26N6O. The van der Waals surface area contributed by atoms with Crippen molar-refractivity contribution >= 4 is 17.7 Å². The number of aromatic nitrogens is 3. The number of nitrogens with one attached hydrogen (secondary N) is 2. The van der Waals surface area contributed by atoms with Gasteiger partial charge in [0, 0.05) is 24.1 Å². The summed E-state index contributed by atoms with van der Waals surface area (Å²) in [4.78, 5) is 18.1. The van der Waals surface area contributed by atoms with Crippen LogP contribution in [0.15, 0.2) is 29.0 Å². The third kappa shape index (κ3) is 3.98. The summed E-state index contributed by atoms with van der Waals surface area (Å²) >= 11 is 0. The normalized spacial score (nSPS) is 15.5. The Morgan fingerprint density at radius 2 is 2.00 bits per heavy atom. The molecule has 7 heteroatoms. The first-order valence-electron chi connectivity index (χ1n) is 9.33. The molecule has 0 unspecified atom stereocenters. The molecule has 0 atom stereocenters. The van der Waals surface area contributed by atoms with Crippen LogP contribution in [0.1, 0.15) is 42.1 Å². The predicted octanol–water partition coefficient (Wildman–Crippen LogP) is 2.22. The monoisotopic (exact) mass is 366 g/mol. The van der Waals surface area contributed by atoms with Crippen molar-refractivity contribution in [2.24, 2.45) is 5.10 Å². The molecule has 1 aliphatic rings. The van der Waals surface area contributed by atoms with E-state index < -0.39 is 0 Å². The van der Waals surface area contributed by atoms with Gasteiger partial charge in [-0.05, 0) is 62.7 Å². The Labute approximate surface area is 159 Å². The van der Waals surface area contributed by atoms with Gasteiger partial charge in [-0.3, -0.25) is 4.79 Å². The lowest BCUT2D eigenvalue weighted by atomic mass is 10.0. The first-order valence-corrected chi connectivity index (χ1v) is 9.33. The topological polar surface area (TPSA) is 86.3 Å². The van der Waals surface area contributed by atoms with Gasteiger partial charge in [0.15, 0.2) is 0 Å². The number of carbonyl (C=O) groups excluding carboxylic acids is 1. The lowest BCUT2D eigenvalue weighted by molar-refractivity contribution is -0.116. The van der Waals surface area contributed by atoms with Crippen LogP contribution in [0.25, 0.3) is 6.08 Å². The second-order valence-electron chi connectivity index (χ2n) is 6.61. The maximum atomic E-state index is 12.3. The van der Waals surface area contributed by atoms with Gasteiger partial charge in [-0.25, -0.2) is 5.43 Å². The van der Waals surface area contributed by atoms with E-state index >= 15 is 0 Å². The van der Waals surface area contributed by atoms with Crippen molar-refractivity contribution in [3.05, 3.63) is 52.1 Å². The van der Waals surface area contributed by atoms with Crippen molar-refractivity contribution in [2.75, 3.05) is 19.6 Å². The molecule has 142 valence electrons. The Morgan fingerprint density at radius 3 is 2.67 bits per heavy atom. The van der Waals surface area contributed by atoms with Crippen LogP contribution in [-0.4, -0.2) is 51.3 Å². The fourth-order valence-electron chi connectivity index (χ4n) is 3.38. The summed E-state index contributed by atoms with van der Waals surface area (Å²) in [6, 6.07) is 3.57. The molecule has 0 aliphatic carbocycles. The maximum Gasteiger partial charge on any atom is 0.273 e. The molecular weight excluding hydrogens is 340 g/mol. The molecule has 0 saturated carbocycles. The molecule has 2 aromatic heterocycles. The number of carbonyl (C=O) groups is 1. The number of aryl methyl sites for hydroxylation is 1. The van der Waals surface area contributed by atoms with Gasteiger partial charge in [0.05, 0.1) is 5.57 Å². The highest BCUT2D eigenvalue weighted by Crippen LogP contribution is 2.23.